The van der Waals surface area contributed by atoms with Crippen LogP contribution in [0.1, 0.15) is 18.6 Å². The van der Waals surface area contributed by atoms with Crippen molar-refractivity contribution in [3.63, 3.8) is 0 Å². The minimum absolute atomic E-state index is 0.0915. The quantitative estimate of drug-likeness (QED) is 0.817. The van der Waals surface area contributed by atoms with E-state index in [1.54, 1.807) is 12.1 Å². The van der Waals surface area contributed by atoms with Gasteiger partial charge in [0.25, 0.3) is 10.2 Å². The Labute approximate surface area is 111 Å². The van der Waals surface area contributed by atoms with Crippen LogP contribution in [0.25, 0.3) is 0 Å². The zero-order valence-corrected chi connectivity index (χ0v) is 11.1. The number of carboxylic acid groups (broad SMARTS) is 1. The Hall–Kier alpha value is -1.38. The molecule has 1 aromatic rings. The van der Waals surface area contributed by atoms with E-state index in [1.165, 1.54) is 10.6 Å². The second-order valence-electron chi connectivity index (χ2n) is 4.42. The highest BCUT2D eigenvalue weighted by Gasteiger charge is 2.30. The summed E-state index contributed by atoms with van der Waals surface area (Å²) in [7, 11) is -3.58. The van der Waals surface area contributed by atoms with E-state index in [4.69, 9.17) is 9.52 Å². The number of aliphatic carboxylic acids is 1. The molecule has 0 aromatic carbocycles. The van der Waals surface area contributed by atoms with Crippen molar-refractivity contribution < 1.29 is 22.7 Å². The number of hydrogen-bond donors (Lipinski definition) is 2. The lowest BCUT2D eigenvalue weighted by atomic mass is 9.99. The van der Waals surface area contributed by atoms with Gasteiger partial charge in [-0.1, -0.05) is 0 Å². The number of hydrogen-bond acceptors (Lipinski definition) is 4. The molecular weight excluding hydrogens is 272 g/mol. The molecule has 8 heteroatoms. The van der Waals surface area contributed by atoms with Crippen LogP contribution in [-0.4, -0.2) is 36.9 Å². The largest absolute Gasteiger partial charge is 0.481 e. The number of carboxylic acids is 1. The maximum Gasteiger partial charge on any atom is 0.306 e. The number of nitrogens with zero attached hydrogens (tertiary/aromatic N) is 1. The van der Waals surface area contributed by atoms with Crippen LogP contribution in [0.15, 0.2) is 22.8 Å². The van der Waals surface area contributed by atoms with E-state index >= 15 is 0 Å². The Morgan fingerprint density at radius 3 is 2.68 bits per heavy atom. The van der Waals surface area contributed by atoms with Crippen LogP contribution in [-0.2, 0) is 21.5 Å². The molecule has 1 aromatic heterocycles. The van der Waals surface area contributed by atoms with Gasteiger partial charge in [0.15, 0.2) is 0 Å². The van der Waals surface area contributed by atoms with Crippen molar-refractivity contribution in [2.24, 2.45) is 5.92 Å². The fourth-order valence-corrected chi connectivity index (χ4v) is 3.21. The highest BCUT2D eigenvalue weighted by atomic mass is 32.2. The second kappa shape index (κ2) is 5.72. The first-order chi connectivity index (χ1) is 8.99. The van der Waals surface area contributed by atoms with Crippen LogP contribution in [0, 0.1) is 5.92 Å². The van der Waals surface area contributed by atoms with E-state index in [1.807, 2.05) is 0 Å². The molecule has 2 rings (SSSR count). The van der Waals surface area contributed by atoms with Crippen molar-refractivity contribution >= 4 is 16.2 Å². The highest BCUT2D eigenvalue weighted by Crippen LogP contribution is 2.19. The van der Waals surface area contributed by atoms with Gasteiger partial charge >= 0.3 is 5.97 Å². The molecule has 0 atom stereocenters. The van der Waals surface area contributed by atoms with Crippen LogP contribution >= 0.6 is 0 Å². The number of piperidine rings is 1. The third kappa shape index (κ3) is 3.55. The smallest absolute Gasteiger partial charge is 0.306 e. The Bertz CT molecular complexity index is 517. The third-order valence-corrected chi connectivity index (χ3v) is 4.71. The van der Waals surface area contributed by atoms with E-state index in [-0.39, 0.29) is 19.6 Å². The first-order valence-electron chi connectivity index (χ1n) is 5.99. The molecule has 2 N–H and O–H groups in total. The molecule has 0 bridgehead atoms. The van der Waals surface area contributed by atoms with E-state index < -0.39 is 22.1 Å². The van der Waals surface area contributed by atoms with Gasteiger partial charge in [0, 0.05) is 13.1 Å². The molecule has 0 saturated carbocycles. The van der Waals surface area contributed by atoms with Gasteiger partial charge in [-0.25, -0.2) is 0 Å². The molecule has 19 heavy (non-hydrogen) atoms. The van der Waals surface area contributed by atoms with Gasteiger partial charge in [-0.2, -0.15) is 17.4 Å². The maximum absolute atomic E-state index is 12.0. The summed E-state index contributed by atoms with van der Waals surface area (Å²) in [5.41, 5.74) is 0. The van der Waals surface area contributed by atoms with Gasteiger partial charge in [0.1, 0.15) is 5.76 Å². The minimum Gasteiger partial charge on any atom is -0.481 e. The monoisotopic (exact) mass is 288 g/mol. The molecule has 1 fully saturated rings. The molecule has 1 saturated heterocycles. The summed E-state index contributed by atoms with van der Waals surface area (Å²) in [6, 6.07) is 3.36. The topological polar surface area (TPSA) is 99.9 Å². The molecule has 106 valence electrons. The summed E-state index contributed by atoms with van der Waals surface area (Å²) >= 11 is 0. The minimum atomic E-state index is -3.58. The van der Waals surface area contributed by atoms with Gasteiger partial charge in [-0.3, -0.25) is 4.79 Å². The van der Waals surface area contributed by atoms with Gasteiger partial charge in [-0.05, 0) is 25.0 Å². The highest BCUT2D eigenvalue weighted by molar-refractivity contribution is 7.87. The molecule has 1 aliphatic rings. The van der Waals surface area contributed by atoms with E-state index in [0.29, 0.717) is 18.6 Å². The maximum atomic E-state index is 12.0. The van der Waals surface area contributed by atoms with Gasteiger partial charge in [0.2, 0.25) is 0 Å². The van der Waals surface area contributed by atoms with Crippen LogP contribution in [0.4, 0.5) is 0 Å². The Morgan fingerprint density at radius 2 is 2.16 bits per heavy atom. The molecule has 0 spiro atoms. The fourth-order valence-electron chi connectivity index (χ4n) is 2.01. The molecule has 0 radical (unpaired) electrons. The van der Waals surface area contributed by atoms with E-state index in [0.717, 1.165) is 0 Å². The average Bonchev–Trinajstić information content (AvgIpc) is 2.90. The van der Waals surface area contributed by atoms with Gasteiger partial charge < -0.3 is 9.52 Å². The summed E-state index contributed by atoms with van der Waals surface area (Å²) in [5, 5.41) is 8.86. The number of carbonyl (C=O) groups is 1. The third-order valence-electron chi connectivity index (χ3n) is 3.15. The zero-order valence-electron chi connectivity index (χ0n) is 10.3. The molecule has 0 aliphatic carbocycles. The summed E-state index contributed by atoms with van der Waals surface area (Å²) in [6.45, 7) is 0.545. The standard InChI is InChI=1S/C11H16N2O5S/c14-11(15)9-3-5-13(6-4-9)19(16,17)12-8-10-2-1-7-18-10/h1-2,7,9,12H,3-6,8H2,(H,14,15). The average molecular weight is 288 g/mol. The van der Waals surface area contributed by atoms with E-state index in [9.17, 15) is 13.2 Å². The number of rotatable bonds is 5. The summed E-state index contributed by atoms with van der Waals surface area (Å²) in [5.74, 6) is -0.777. The number of furan rings is 1. The van der Waals surface area contributed by atoms with Crippen molar-refractivity contribution in [1.29, 1.82) is 0 Å². The van der Waals surface area contributed by atoms with E-state index in [2.05, 4.69) is 4.72 Å². The van der Waals surface area contributed by atoms with Crippen LogP contribution < -0.4 is 4.72 Å². The van der Waals surface area contributed by atoms with Crippen LogP contribution in [0.2, 0.25) is 0 Å². The molecule has 7 nitrogen and oxygen atoms in total. The van der Waals surface area contributed by atoms with Gasteiger partial charge in [0.05, 0.1) is 18.7 Å². The Balaban J connectivity index is 1.88. The molecule has 2 heterocycles. The van der Waals surface area contributed by atoms with Crippen molar-refractivity contribution in [3.8, 4) is 0 Å². The van der Waals surface area contributed by atoms with Crippen molar-refractivity contribution in [2.75, 3.05) is 13.1 Å². The lowest BCUT2D eigenvalue weighted by Gasteiger charge is -2.29. The number of nitrogens with one attached hydrogen (secondary N) is 1. The molecular formula is C11H16N2O5S. The van der Waals surface area contributed by atoms with Crippen molar-refractivity contribution in [3.05, 3.63) is 24.2 Å². The van der Waals surface area contributed by atoms with Crippen molar-refractivity contribution in [1.82, 2.24) is 9.03 Å². The van der Waals surface area contributed by atoms with Crippen LogP contribution in [0.3, 0.4) is 0 Å². The molecule has 1 aliphatic heterocycles. The lowest BCUT2D eigenvalue weighted by Crippen LogP contribution is -2.45. The summed E-state index contributed by atoms with van der Waals surface area (Å²) in [6.07, 6.45) is 2.16. The SMILES string of the molecule is O=C(O)C1CCN(S(=O)(=O)NCc2ccco2)CC1. The normalized spacial score (nSPS) is 18.5. The molecule has 0 amide bonds. The summed E-state index contributed by atoms with van der Waals surface area (Å²) in [4.78, 5) is 10.8. The van der Waals surface area contributed by atoms with Gasteiger partial charge in [-0.15, -0.1) is 0 Å². The predicted molar refractivity (Wildman–Crippen MR) is 66.4 cm³/mol. The summed E-state index contributed by atoms with van der Waals surface area (Å²) < 4.78 is 32.7. The first-order valence-corrected chi connectivity index (χ1v) is 7.43. The van der Waals surface area contributed by atoms with Crippen molar-refractivity contribution in [2.45, 2.75) is 19.4 Å². The predicted octanol–water partition coefficient (Wildman–Crippen LogP) is 0.411. The lowest BCUT2D eigenvalue weighted by molar-refractivity contribution is -0.142. The van der Waals surface area contributed by atoms with Crippen LogP contribution in [0.5, 0.6) is 0 Å². The zero-order chi connectivity index (χ0) is 13.9. The Morgan fingerprint density at radius 1 is 1.47 bits per heavy atom. The Kier molecular flexibility index (Phi) is 4.23. The first kappa shape index (κ1) is 14.0. The fraction of sp³-hybridized carbons (Fsp3) is 0.545. The molecule has 0 unspecified atom stereocenters. The second-order valence-corrected chi connectivity index (χ2v) is 6.17.